The van der Waals surface area contributed by atoms with E-state index in [1.807, 2.05) is 47.3 Å². The maximum absolute atomic E-state index is 6.13. The van der Waals surface area contributed by atoms with E-state index in [-0.39, 0.29) is 6.04 Å². The molecular formula is C16H12ClN5. The van der Waals surface area contributed by atoms with Crippen LogP contribution in [0.1, 0.15) is 17.2 Å². The zero-order valence-electron chi connectivity index (χ0n) is 11.5. The Balaban J connectivity index is 1.83. The summed E-state index contributed by atoms with van der Waals surface area (Å²) >= 11 is 6.13. The van der Waals surface area contributed by atoms with E-state index in [0.717, 1.165) is 16.8 Å². The fraction of sp³-hybridized carbons (Fsp3) is 0.0625. The van der Waals surface area contributed by atoms with Crippen molar-refractivity contribution in [2.24, 2.45) is 0 Å². The summed E-state index contributed by atoms with van der Waals surface area (Å²) in [6, 6.07) is 11.6. The highest BCUT2D eigenvalue weighted by Gasteiger charge is 2.23. The van der Waals surface area contributed by atoms with Crippen LogP contribution in [0.25, 0.3) is 5.70 Å². The second-order valence-electron chi connectivity index (χ2n) is 4.98. The monoisotopic (exact) mass is 309 g/mol. The molecule has 0 saturated carbocycles. The molecule has 0 radical (unpaired) electrons. The highest BCUT2D eigenvalue weighted by Crippen LogP contribution is 2.32. The lowest BCUT2D eigenvalue weighted by molar-refractivity contribution is 0.612. The number of rotatable bonds is 2. The number of fused-ring (bicyclic) bond motifs is 1. The highest BCUT2D eigenvalue weighted by atomic mass is 35.5. The number of nitrogens with one attached hydrogen (secondary N) is 1. The predicted octanol–water partition coefficient (Wildman–Crippen LogP) is 3.38. The number of halogens is 1. The fourth-order valence-electron chi connectivity index (χ4n) is 2.55. The second-order valence-corrected chi connectivity index (χ2v) is 5.41. The van der Waals surface area contributed by atoms with Crippen LogP contribution in [0, 0.1) is 0 Å². The summed E-state index contributed by atoms with van der Waals surface area (Å²) in [6.07, 6.45) is 7.22. The van der Waals surface area contributed by atoms with Gasteiger partial charge in [0.15, 0.2) is 0 Å². The van der Waals surface area contributed by atoms with Crippen molar-refractivity contribution in [3.63, 3.8) is 0 Å². The predicted molar refractivity (Wildman–Crippen MR) is 85.4 cm³/mol. The number of hydrogen-bond acceptors (Lipinski definition) is 4. The molecule has 3 aromatic rings. The molecule has 0 bridgehead atoms. The average molecular weight is 310 g/mol. The van der Waals surface area contributed by atoms with Crippen LogP contribution in [-0.4, -0.2) is 19.7 Å². The van der Waals surface area contributed by atoms with Gasteiger partial charge in [0.25, 0.3) is 0 Å². The minimum Gasteiger partial charge on any atom is -0.324 e. The molecule has 2 aromatic heterocycles. The van der Waals surface area contributed by atoms with E-state index in [2.05, 4.69) is 26.5 Å². The van der Waals surface area contributed by atoms with E-state index in [1.165, 1.54) is 0 Å². The van der Waals surface area contributed by atoms with Crippen molar-refractivity contribution in [1.82, 2.24) is 19.7 Å². The standard InChI is InChI=1S/C16H12ClN5/c17-13-5-1-3-11(7-13)15-8-14(12-4-2-6-18-9-12)21-16-19-10-20-22(15)16/h1-10,15H,(H,19,20,21)/t15-/m0/s1. The largest absolute Gasteiger partial charge is 0.324 e. The molecule has 1 aromatic carbocycles. The van der Waals surface area contributed by atoms with Crippen molar-refractivity contribution in [3.05, 3.63) is 77.3 Å². The molecule has 1 aliphatic heterocycles. The van der Waals surface area contributed by atoms with Crippen LogP contribution in [0.15, 0.2) is 61.2 Å². The number of hydrogen-bond donors (Lipinski definition) is 1. The molecule has 0 aliphatic carbocycles. The minimum atomic E-state index is -0.0624. The van der Waals surface area contributed by atoms with Crippen molar-refractivity contribution < 1.29 is 0 Å². The average Bonchev–Trinajstić information content (AvgIpc) is 3.03. The number of anilines is 1. The number of aromatic nitrogens is 4. The zero-order chi connectivity index (χ0) is 14.9. The van der Waals surface area contributed by atoms with Crippen molar-refractivity contribution in [3.8, 4) is 0 Å². The Hall–Kier alpha value is -2.66. The lowest BCUT2D eigenvalue weighted by Crippen LogP contribution is -2.20. The molecule has 0 saturated heterocycles. The van der Waals surface area contributed by atoms with Gasteiger partial charge < -0.3 is 5.32 Å². The number of benzene rings is 1. The summed E-state index contributed by atoms with van der Waals surface area (Å²) in [5.41, 5.74) is 3.02. The van der Waals surface area contributed by atoms with E-state index in [1.54, 1.807) is 12.5 Å². The van der Waals surface area contributed by atoms with Gasteiger partial charge in [0.1, 0.15) is 12.4 Å². The van der Waals surface area contributed by atoms with Crippen molar-refractivity contribution in [2.45, 2.75) is 6.04 Å². The first kappa shape index (κ1) is 13.0. The Morgan fingerprint density at radius 3 is 2.95 bits per heavy atom. The van der Waals surface area contributed by atoms with Gasteiger partial charge in [-0.25, -0.2) is 4.68 Å². The molecule has 6 heteroatoms. The van der Waals surface area contributed by atoms with Gasteiger partial charge in [-0.15, -0.1) is 0 Å². The summed E-state index contributed by atoms with van der Waals surface area (Å²) in [5, 5.41) is 8.30. The van der Waals surface area contributed by atoms with Crippen LogP contribution >= 0.6 is 11.6 Å². The molecule has 0 spiro atoms. The smallest absolute Gasteiger partial charge is 0.226 e. The summed E-state index contributed by atoms with van der Waals surface area (Å²) in [6.45, 7) is 0. The van der Waals surface area contributed by atoms with E-state index in [0.29, 0.717) is 11.0 Å². The number of allylic oxidation sites excluding steroid dienone is 1. The molecule has 1 aliphatic rings. The Bertz CT molecular complexity index is 841. The quantitative estimate of drug-likeness (QED) is 0.788. The van der Waals surface area contributed by atoms with E-state index >= 15 is 0 Å². The summed E-state index contributed by atoms with van der Waals surface area (Å²) < 4.78 is 1.84. The van der Waals surface area contributed by atoms with E-state index < -0.39 is 0 Å². The minimum absolute atomic E-state index is 0.0624. The first-order valence-corrected chi connectivity index (χ1v) is 7.23. The van der Waals surface area contributed by atoms with Gasteiger partial charge in [0.05, 0.1) is 0 Å². The fourth-order valence-corrected chi connectivity index (χ4v) is 2.75. The summed E-state index contributed by atoms with van der Waals surface area (Å²) in [4.78, 5) is 8.45. The Morgan fingerprint density at radius 1 is 1.18 bits per heavy atom. The van der Waals surface area contributed by atoms with Gasteiger partial charge in [0.2, 0.25) is 5.95 Å². The topological polar surface area (TPSA) is 55.6 Å². The SMILES string of the molecule is Clc1cccc([C@@H]2C=C(c3cccnc3)Nc3ncnn32)c1. The molecule has 0 amide bonds. The van der Waals surface area contributed by atoms with Gasteiger partial charge in [-0.2, -0.15) is 10.1 Å². The molecule has 3 heterocycles. The third-order valence-corrected chi connectivity index (χ3v) is 3.81. The second kappa shape index (κ2) is 5.27. The molecule has 1 atom stereocenters. The van der Waals surface area contributed by atoms with E-state index in [4.69, 9.17) is 11.6 Å². The normalized spacial score (nSPS) is 16.6. The summed E-state index contributed by atoms with van der Waals surface area (Å²) in [5.74, 6) is 0.700. The first-order valence-electron chi connectivity index (χ1n) is 6.85. The van der Waals surface area contributed by atoms with Crippen LogP contribution in [-0.2, 0) is 0 Å². The molecule has 108 valence electrons. The number of nitrogens with zero attached hydrogens (tertiary/aromatic N) is 4. The Morgan fingerprint density at radius 2 is 2.14 bits per heavy atom. The molecule has 22 heavy (non-hydrogen) atoms. The number of pyridine rings is 1. The van der Waals surface area contributed by atoms with E-state index in [9.17, 15) is 0 Å². The third-order valence-electron chi connectivity index (χ3n) is 3.57. The molecule has 0 unspecified atom stereocenters. The van der Waals surface area contributed by atoms with Crippen LogP contribution in [0.2, 0.25) is 5.02 Å². The molecule has 4 rings (SSSR count). The Labute approximate surface area is 132 Å². The zero-order valence-corrected chi connectivity index (χ0v) is 12.3. The van der Waals surface area contributed by atoms with Crippen LogP contribution in [0.5, 0.6) is 0 Å². The molecule has 1 N–H and O–H groups in total. The van der Waals surface area contributed by atoms with Gasteiger partial charge in [-0.05, 0) is 35.9 Å². The summed E-state index contributed by atoms with van der Waals surface area (Å²) in [7, 11) is 0. The van der Waals surface area contributed by atoms with Crippen molar-refractivity contribution >= 4 is 23.2 Å². The van der Waals surface area contributed by atoms with Crippen molar-refractivity contribution in [1.29, 1.82) is 0 Å². The maximum Gasteiger partial charge on any atom is 0.226 e. The van der Waals surface area contributed by atoms with Crippen LogP contribution in [0.3, 0.4) is 0 Å². The lowest BCUT2D eigenvalue weighted by atomic mass is 10.0. The molecule has 5 nitrogen and oxygen atoms in total. The van der Waals surface area contributed by atoms with Crippen LogP contribution in [0.4, 0.5) is 5.95 Å². The third kappa shape index (κ3) is 2.25. The van der Waals surface area contributed by atoms with Crippen molar-refractivity contribution in [2.75, 3.05) is 5.32 Å². The van der Waals surface area contributed by atoms with Gasteiger partial charge in [-0.1, -0.05) is 23.7 Å². The van der Waals surface area contributed by atoms with Gasteiger partial charge >= 0.3 is 0 Å². The lowest BCUT2D eigenvalue weighted by Gasteiger charge is -2.24. The van der Waals surface area contributed by atoms with Gasteiger partial charge in [0, 0.05) is 28.7 Å². The molecule has 0 fully saturated rings. The van der Waals surface area contributed by atoms with Crippen LogP contribution < -0.4 is 5.32 Å². The maximum atomic E-state index is 6.13. The van der Waals surface area contributed by atoms with Gasteiger partial charge in [-0.3, -0.25) is 4.98 Å². The molecular weight excluding hydrogens is 298 g/mol. The Kier molecular flexibility index (Phi) is 3.12. The first-order chi connectivity index (χ1) is 10.8. The highest BCUT2D eigenvalue weighted by molar-refractivity contribution is 6.30.